The minimum Gasteiger partial charge on any atom is -0.390 e. The first-order valence-corrected chi connectivity index (χ1v) is 8.03. The van der Waals surface area contributed by atoms with Gasteiger partial charge in [-0.25, -0.2) is 8.42 Å². The third kappa shape index (κ3) is 5.57. The van der Waals surface area contributed by atoms with Crippen molar-refractivity contribution in [2.75, 3.05) is 5.75 Å². The first-order chi connectivity index (χ1) is 8.09. The van der Waals surface area contributed by atoms with E-state index in [9.17, 15) is 13.5 Å². The average molecular weight is 311 g/mol. The van der Waals surface area contributed by atoms with Gasteiger partial charge in [0.1, 0.15) is 0 Å². The Labute approximate surface area is 118 Å². The van der Waals surface area contributed by atoms with Gasteiger partial charge in [-0.2, -0.15) is 0 Å². The second-order valence-electron chi connectivity index (χ2n) is 4.89. The van der Waals surface area contributed by atoms with Crippen LogP contribution >= 0.6 is 23.2 Å². The van der Waals surface area contributed by atoms with Crippen LogP contribution in [0.3, 0.4) is 0 Å². The molecule has 1 aromatic rings. The zero-order valence-corrected chi connectivity index (χ0v) is 12.6. The number of rotatable bonds is 5. The Morgan fingerprint density at radius 3 is 2.39 bits per heavy atom. The minimum absolute atomic E-state index is 0.0740. The van der Waals surface area contributed by atoms with Gasteiger partial charge in [-0.1, -0.05) is 29.3 Å². The summed E-state index contributed by atoms with van der Waals surface area (Å²) in [5, 5.41) is 10.3. The van der Waals surface area contributed by atoms with Crippen molar-refractivity contribution in [2.24, 2.45) is 0 Å². The van der Waals surface area contributed by atoms with Crippen molar-refractivity contribution < 1.29 is 13.5 Å². The van der Waals surface area contributed by atoms with Crippen LogP contribution < -0.4 is 0 Å². The summed E-state index contributed by atoms with van der Waals surface area (Å²) in [7, 11) is -3.29. The second-order valence-corrected chi connectivity index (χ2v) is 7.92. The third-order valence-corrected chi connectivity index (χ3v) is 4.58. The number of sulfone groups is 1. The van der Waals surface area contributed by atoms with Gasteiger partial charge in [0.25, 0.3) is 0 Å². The molecule has 0 amide bonds. The number of hydrogen-bond donors (Lipinski definition) is 1. The molecule has 0 fully saturated rings. The van der Waals surface area contributed by atoms with Gasteiger partial charge in [0, 0.05) is 10.0 Å². The Balaban J connectivity index is 2.77. The molecule has 0 saturated carbocycles. The molecule has 102 valence electrons. The quantitative estimate of drug-likeness (QED) is 0.909. The first kappa shape index (κ1) is 15.8. The van der Waals surface area contributed by atoms with E-state index in [2.05, 4.69) is 0 Å². The number of benzene rings is 1. The lowest BCUT2D eigenvalue weighted by molar-refractivity contribution is 0.0772. The van der Waals surface area contributed by atoms with E-state index >= 15 is 0 Å². The van der Waals surface area contributed by atoms with Crippen molar-refractivity contribution in [3.63, 3.8) is 0 Å². The fourth-order valence-electron chi connectivity index (χ4n) is 1.35. The van der Waals surface area contributed by atoms with E-state index in [0.717, 1.165) is 0 Å². The molecule has 6 heteroatoms. The number of aliphatic hydroxyl groups is 1. The van der Waals surface area contributed by atoms with Crippen LogP contribution in [0.4, 0.5) is 0 Å². The Hall–Kier alpha value is -0.290. The predicted octanol–water partition coefficient (Wildman–Crippen LogP) is 3.07. The van der Waals surface area contributed by atoms with E-state index in [1.807, 2.05) is 0 Å². The van der Waals surface area contributed by atoms with Crippen LogP contribution in [0.25, 0.3) is 0 Å². The highest BCUT2D eigenvalue weighted by atomic mass is 35.5. The van der Waals surface area contributed by atoms with Crippen LogP contribution in [0.5, 0.6) is 0 Å². The van der Waals surface area contributed by atoms with Gasteiger partial charge >= 0.3 is 0 Å². The highest BCUT2D eigenvalue weighted by molar-refractivity contribution is 7.90. The molecule has 0 saturated heterocycles. The maximum absolute atomic E-state index is 11.9. The number of halogens is 2. The van der Waals surface area contributed by atoms with E-state index in [0.29, 0.717) is 15.6 Å². The van der Waals surface area contributed by atoms with Crippen LogP contribution in [0.1, 0.15) is 25.8 Å². The van der Waals surface area contributed by atoms with Crippen LogP contribution in [0, 0.1) is 0 Å². The zero-order chi connectivity index (χ0) is 14.0. The summed E-state index contributed by atoms with van der Waals surface area (Å²) in [6, 6.07) is 4.73. The SMILES string of the molecule is CC(C)(O)CCS(=O)(=O)Cc1ccc(Cl)cc1Cl. The lowest BCUT2D eigenvalue weighted by atomic mass is 10.1. The fourth-order valence-corrected chi connectivity index (χ4v) is 3.59. The van der Waals surface area contributed by atoms with E-state index in [1.54, 1.807) is 26.0 Å². The molecule has 0 atom stereocenters. The summed E-state index contributed by atoms with van der Waals surface area (Å²) < 4.78 is 23.8. The molecule has 0 aromatic heterocycles. The topological polar surface area (TPSA) is 54.4 Å². The molecule has 0 heterocycles. The summed E-state index contributed by atoms with van der Waals surface area (Å²) >= 11 is 11.7. The van der Waals surface area contributed by atoms with Crippen LogP contribution in [0.15, 0.2) is 18.2 Å². The normalized spacial score (nSPS) is 12.7. The predicted molar refractivity (Wildman–Crippen MR) is 74.9 cm³/mol. The Kier molecular flexibility index (Phi) is 5.06. The van der Waals surface area contributed by atoms with Crippen molar-refractivity contribution >= 4 is 33.0 Å². The fraction of sp³-hybridized carbons (Fsp3) is 0.500. The van der Waals surface area contributed by atoms with Gasteiger partial charge < -0.3 is 5.11 Å². The minimum atomic E-state index is -3.29. The maximum atomic E-state index is 11.9. The van der Waals surface area contributed by atoms with E-state index in [1.165, 1.54) is 6.07 Å². The molecule has 1 aromatic carbocycles. The number of hydrogen-bond acceptors (Lipinski definition) is 3. The molecule has 18 heavy (non-hydrogen) atoms. The average Bonchev–Trinajstić information content (AvgIpc) is 2.19. The highest BCUT2D eigenvalue weighted by Crippen LogP contribution is 2.23. The lowest BCUT2D eigenvalue weighted by Crippen LogP contribution is -2.24. The van der Waals surface area contributed by atoms with Crippen molar-refractivity contribution in [2.45, 2.75) is 31.6 Å². The molecular weight excluding hydrogens is 295 g/mol. The smallest absolute Gasteiger partial charge is 0.154 e. The van der Waals surface area contributed by atoms with Gasteiger partial charge in [0.15, 0.2) is 9.84 Å². The molecule has 0 aliphatic carbocycles. The molecule has 1 rings (SSSR count). The monoisotopic (exact) mass is 310 g/mol. The Morgan fingerprint density at radius 2 is 1.89 bits per heavy atom. The Bertz CT molecular complexity index is 519. The summed E-state index contributed by atoms with van der Waals surface area (Å²) in [5.74, 6) is -0.214. The second kappa shape index (κ2) is 5.78. The van der Waals surface area contributed by atoms with Crippen molar-refractivity contribution in [3.05, 3.63) is 33.8 Å². The molecule has 0 unspecified atom stereocenters. The van der Waals surface area contributed by atoms with Crippen molar-refractivity contribution in [3.8, 4) is 0 Å². The molecular formula is C12H16Cl2O3S. The van der Waals surface area contributed by atoms with Gasteiger partial charge in [0.05, 0.1) is 17.1 Å². The van der Waals surface area contributed by atoms with Gasteiger partial charge in [0.2, 0.25) is 0 Å². The summed E-state index contributed by atoms with van der Waals surface area (Å²) in [5.41, 5.74) is -0.464. The highest BCUT2D eigenvalue weighted by Gasteiger charge is 2.20. The molecule has 1 N–H and O–H groups in total. The van der Waals surface area contributed by atoms with Gasteiger partial charge in [-0.05, 0) is 38.0 Å². The largest absolute Gasteiger partial charge is 0.390 e. The standard InChI is InChI=1S/C12H16Cl2O3S/c1-12(2,15)5-6-18(16,17)8-9-3-4-10(13)7-11(9)14/h3-4,7,15H,5-6,8H2,1-2H3. The summed E-state index contributed by atoms with van der Waals surface area (Å²) in [6.07, 6.45) is 0.195. The summed E-state index contributed by atoms with van der Waals surface area (Å²) in [4.78, 5) is 0. The van der Waals surface area contributed by atoms with Crippen LogP contribution in [-0.4, -0.2) is 24.9 Å². The van der Waals surface area contributed by atoms with Crippen molar-refractivity contribution in [1.82, 2.24) is 0 Å². The van der Waals surface area contributed by atoms with Gasteiger partial charge in [-0.3, -0.25) is 0 Å². The van der Waals surface area contributed by atoms with E-state index < -0.39 is 15.4 Å². The molecule has 3 nitrogen and oxygen atoms in total. The molecule has 0 aliphatic heterocycles. The third-order valence-electron chi connectivity index (χ3n) is 2.42. The molecule has 0 aliphatic rings. The van der Waals surface area contributed by atoms with Crippen LogP contribution in [-0.2, 0) is 15.6 Å². The van der Waals surface area contributed by atoms with Crippen LogP contribution in [0.2, 0.25) is 10.0 Å². The maximum Gasteiger partial charge on any atom is 0.154 e. The Morgan fingerprint density at radius 1 is 1.28 bits per heavy atom. The lowest BCUT2D eigenvalue weighted by Gasteiger charge is -2.16. The van der Waals surface area contributed by atoms with Crippen molar-refractivity contribution in [1.29, 1.82) is 0 Å². The molecule has 0 spiro atoms. The summed E-state index contributed by atoms with van der Waals surface area (Å²) in [6.45, 7) is 3.16. The molecule has 0 radical (unpaired) electrons. The van der Waals surface area contributed by atoms with Gasteiger partial charge in [-0.15, -0.1) is 0 Å². The van der Waals surface area contributed by atoms with E-state index in [-0.39, 0.29) is 17.9 Å². The molecule has 0 bridgehead atoms. The first-order valence-electron chi connectivity index (χ1n) is 5.46. The van der Waals surface area contributed by atoms with E-state index in [4.69, 9.17) is 23.2 Å². The zero-order valence-electron chi connectivity index (χ0n) is 10.3.